The molecule has 0 fully saturated rings. The Morgan fingerprint density at radius 1 is 0.955 bits per heavy atom. The van der Waals surface area contributed by atoms with Gasteiger partial charge >= 0.3 is 6.03 Å². The number of carbonyl (C=O) groups excluding carboxylic acids is 2. The van der Waals surface area contributed by atoms with E-state index in [1.54, 1.807) is 6.92 Å². The summed E-state index contributed by atoms with van der Waals surface area (Å²) in [5.41, 5.74) is 0.0483. The van der Waals surface area contributed by atoms with Crippen molar-refractivity contribution in [1.82, 2.24) is 10.6 Å². The van der Waals surface area contributed by atoms with Crippen LogP contribution >= 0.6 is 0 Å². The Morgan fingerprint density at radius 2 is 1.55 bits per heavy atom. The highest BCUT2D eigenvalue weighted by atomic mass is 19.1. The maximum absolute atomic E-state index is 13.4. The molecule has 0 aromatic heterocycles. The molecular formula is C16H14F2N2O2. The first-order valence-corrected chi connectivity index (χ1v) is 6.60. The molecule has 0 bridgehead atoms. The molecule has 22 heavy (non-hydrogen) atoms. The average molecular weight is 304 g/mol. The molecule has 1 atom stereocenters. The molecule has 2 N–H and O–H groups in total. The van der Waals surface area contributed by atoms with E-state index in [2.05, 4.69) is 5.32 Å². The van der Waals surface area contributed by atoms with Gasteiger partial charge in [-0.25, -0.2) is 13.6 Å². The minimum Gasteiger partial charge on any atom is -0.331 e. The number of hydrogen-bond donors (Lipinski definition) is 2. The highest BCUT2D eigenvalue weighted by Gasteiger charge is 2.19. The molecule has 0 saturated heterocycles. The fourth-order valence-corrected chi connectivity index (χ4v) is 1.94. The summed E-state index contributed by atoms with van der Waals surface area (Å²) in [7, 11) is 0. The third kappa shape index (κ3) is 3.66. The number of amides is 3. The average Bonchev–Trinajstić information content (AvgIpc) is 2.47. The molecule has 0 aliphatic heterocycles. The van der Waals surface area contributed by atoms with Gasteiger partial charge in [0.05, 0.1) is 6.04 Å². The number of urea groups is 1. The van der Waals surface area contributed by atoms with Gasteiger partial charge in [0.15, 0.2) is 0 Å². The Bertz CT molecular complexity index is 670. The van der Waals surface area contributed by atoms with Gasteiger partial charge in [-0.15, -0.1) is 0 Å². The molecule has 0 aliphatic rings. The van der Waals surface area contributed by atoms with E-state index >= 15 is 0 Å². The predicted octanol–water partition coefficient (Wildman–Crippen LogP) is 3.17. The monoisotopic (exact) mass is 304 g/mol. The molecule has 0 aliphatic carbocycles. The second-order valence-corrected chi connectivity index (χ2v) is 4.66. The van der Waals surface area contributed by atoms with Crippen LogP contribution in [0.25, 0.3) is 0 Å². The minimum absolute atomic E-state index is 0.362. The highest BCUT2D eigenvalue weighted by Crippen LogP contribution is 2.13. The first-order chi connectivity index (χ1) is 10.5. The van der Waals surface area contributed by atoms with Gasteiger partial charge in [-0.2, -0.15) is 0 Å². The molecule has 0 spiro atoms. The first kappa shape index (κ1) is 15.6. The largest absolute Gasteiger partial charge is 0.331 e. The lowest BCUT2D eigenvalue weighted by atomic mass is 10.1. The van der Waals surface area contributed by atoms with Crippen molar-refractivity contribution in [2.75, 3.05) is 0 Å². The summed E-state index contributed by atoms with van der Waals surface area (Å²) in [4.78, 5) is 23.5. The zero-order valence-corrected chi connectivity index (χ0v) is 11.8. The van der Waals surface area contributed by atoms with Gasteiger partial charge in [-0.3, -0.25) is 10.1 Å². The molecule has 0 saturated carbocycles. The lowest BCUT2D eigenvalue weighted by molar-refractivity contribution is 0.0955. The van der Waals surface area contributed by atoms with E-state index in [9.17, 15) is 18.4 Å². The smallest absolute Gasteiger partial charge is 0.322 e. The van der Waals surface area contributed by atoms with Crippen molar-refractivity contribution in [1.29, 1.82) is 0 Å². The number of hydrogen-bond acceptors (Lipinski definition) is 2. The third-order valence-electron chi connectivity index (χ3n) is 3.06. The molecule has 114 valence electrons. The van der Waals surface area contributed by atoms with Gasteiger partial charge in [-0.05, 0) is 24.6 Å². The maximum atomic E-state index is 13.4. The van der Waals surface area contributed by atoms with Gasteiger partial charge in [-0.1, -0.05) is 36.4 Å². The van der Waals surface area contributed by atoms with Gasteiger partial charge in [0.2, 0.25) is 0 Å². The summed E-state index contributed by atoms with van der Waals surface area (Å²) >= 11 is 0. The van der Waals surface area contributed by atoms with Crippen LogP contribution in [0, 0.1) is 11.6 Å². The first-order valence-electron chi connectivity index (χ1n) is 6.60. The summed E-state index contributed by atoms with van der Waals surface area (Å²) in [5, 5.41) is 4.43. The Balaban J connectivity index is 2.02. The van der Waals surface area contributed by atoms with Crippen LogP contribution in [0.2, 0.25) is 0 Å². The molecule has 1 unspecified atom stereocenters. The fraction of sp³-hybridized carbons (Fsp3) is 0.125. The summed E-state index contributed by atoms with van der Waals surface area (Å²) in [6, 6.07) is 10.9. The number of carbonyl (C=O) groups is 2. The zero-order chi connectivity index (χ0) is 16.1. The van der Waals surface area contributed by atoms with Crippen molar-refractivity contribution in [2.24, 2.45) is 0 Å². The zero-order valence-electron chi connectivity index (χ0n) is 11.8. The molecule has 2 rings (SSSR count). The summed E-state index contributed by atoms with van der Waals surface area (Å²) in [6.45, 7) is 1.73. The summed E-state index contributed by atoms with van der Waals surface area (Å²) in [5.74, 6) is -3.18. The van der Waals surface area contributed by atoms with Gasteiger partial charge in [0.25, 0.3) is 5.91 Å². The lowest BCUT2D eigenvalue weighted by Gasteiger charge is -2.14. The molecule has 3 amide bonds. The fourth-order valence-electron chi connectivity index (χ4n) is 1.94. The van der Waals surface area contributed by atoms with Crippen LogP contribution in [0.4, 0.5) is 13.6 Å². The SMILES string of the molecule is CC(NC(=O)NC(=O)c1c(F)cccc1F)c1ccccc1. The number of nitrogens with one attached hydrogen (secondary N) is 2. The molecule has 0 radical (unpaired) electrons. The highest BCUT2D eigenvalue weighted by molar-refractivity contribution is 6.04. The van der Waals surface area contributed by atoms with Gasteiger partial charge in [0, 0.05) is 0 Å². The standard InChI is InChI=1S/C16H14F2N2O2/c1-10(11-6-3-2-4-7-11)19-16(22)20-15(21)14-12(17)8-5-9-13(14)18/h2-10H,1H3,(H2,19,20,21,22). The van der Waals surface area contributed by atoms with Gasteiger partial charge < -0.3 is 5.32 Å². The van der Waals surface area contributed by atoms with Crippen molar-refractivity contribution in [3.05, 3.63) is 71.3 Å². The Kier molecular flexibility index (Phi) is 4.83. The van der Waals surface area contributed by atoms with Crippen LogP contribution in [-0.4, -0.2) is 11.9 Å². The van der Waals surface area contributed by atoms with E-state index in [4.69, 9.17) is 0 Å². The van der Waals surface area contributed by atoms with Crippen molar-refractivity contribution in [2.45, 2.75) is 13.0 Å². The Hall–Kier alpha value is -2.76. The Morgan fingerprint density at radius 3 is 2.14 bits per heavy atom. The van der Waals surface area contributed by atoms with Crippen LogP contribution in [0.1, 0.15) is 28.9 Å². The number of benzene rings is 2. The van der Waals surface area contributed by atoms with E-state index in [-0.39, 0.29) is 6.04 Å². The summed E-state index contributed by atoms with van der Waals surface area (Å²) < 4.78 is 26.9. The van der Waals surface area contributed by atoms with Crippen molar-refractivity contribution >= 4 is 11.9 Å². The van der Waals surface area contributed by atoms with Crippen molar-refractivity contribution < 1.29 is 18.4 Å². The normalized spacial score (nSPS) is 11.6. The minimum atomic E-state index is -1.13. The number of halogens is 2. The third-order valence-corrected chi connectivity index (χ3v) is 3.06. The second-order valence-electron chi connectivity index (χ2n) is 4.66. The molecule has 4 nitrogen and oxygen atoms in total. The van der Waals surface area contributed by atoms with E-state index in [0.717, 1.165) is 23.8 Å². The summed E-state index contributed by atoms with van der Waals surface area (Å²) in [6.07, 6.45) is 0. The van der Waals surface area contributed by atoms with Gasteiger partial charge in [0.1, 0.15) is 17.2 Å². The molecule has 2 aromatic carbocycles. The number of rotatable bonds is 3. The Labute approximate surface area is 126 Å². The molecule has 6 heteroatoms. The molecule has 0 heterocycles. The van der Waals surface area contributed by atoms with E-state index in [1.165, 1.54) is 0 Å². The van der Waals surface area contributed by atoms with Crippen LogP contribution in [0.5, 0.6) is 0 Å². The number of imide groups is 1. The topological polar surface area (TPSA) is 58.2 Å². The molecular weight excluding hydrogens is 290 g/mol. The van der Waals surface area contributed by atoms with Crippen LogP contribution in [0.15, 0.2) is 48.5 Å². The maximum Gasteiger partial charge on any atom is 0.322 e. The quantitative estimate of drug-likeness (QED) is 0.915. The van der Waals surface area contributed by atoms with Crippen LogP contribution in [0.3, 0.4) is 0 Å². The lowest BCUT2D eigenvalue weighted by Crippen LogP contribution is -2.41. The van der Waals surface area contributed by atoms with Crippen molar-refractivity contribution in [3.8, 4) is 0 Å². The second kappa shape index (κ2) is 6.80. The van der Waals surface area contributed by atoms with Crippen LogP contribution < -0.4 is 10.6 Å². The van der Waals surface area contributed by atoms with Crippen LogP contribution in [-0.2, 0) is 0 Å². The van der Waals surface area contributed by atoms with E-state index in [1.807, 2.05) is 35.6 Å². The van der Waals surface area contributed by atoms with E-state index in [0.29, 0.717) is 0 Å². The van der Waals surface area contributed by atoms with E-state index < -0.39 is 29.1 Å². The van der Waals surface area contributed by atoms with Crippen molar-refractivity contribution in [3.63, 3.8) is 0 Å². The molecule has 2 aromatic rings. The predicted molar refractivity (Wildman–Crippen MR) is 77.2 cm³/mol.